The van der Waals surface area contributed by atoms with Gasteiger partial charge in [0.05, 0.1) is 4.87 Å². The highest BCUT2D eigenvalue weighted by Gasteiger charge is 2.52. The standard InChI is InChI=1S/C20H28ClN3O2S/c1-3-18(25)24-17(14-27-20(24)9-12-23(2)13-10-20)19(26)22-11-8-15-4-6-16(21)7-5-15/h4-7,17H,3,8-14H2,1-2H3,(H,22,26)/t17-/m0/s1. The van der Waals surface area contributed by atoms with Crippen molar-refractivity contribution in [3.63, 3.8) is 0 Å². The first kappa shape index (κ1) is 20.5. The zero-order chi connectivity index (χ0) is 19.4. The summed E-state index contributed by atoms with van der Waals surface area (Å²) >= 11 is 7.70. The van der Waals surface area contributed by atoms with Crippen molar-refractivity contribution in [2.24, 2.45) is 0 Å². The number of hydrogen-bond donors (Lipinski definition) is 1. The number of carbonyl (C=O) groups excluding carboxylic acids is 2. The Morgan fingerprint density at radius 3 is 2.56 bits per heavy atom. The van der Waals surface area contributed by atoms with Gasteiger partial charge in [0.2, 0.25) is 11.8 Å². The lowest BCUT2D eigenvalue weighted by atomic mass is 10.00. The summed E-state index contributed by atoms with van der Waals surface area (Å²) in [6.07, 6.45) is 3.04. The molecule has 3 rings (SSSR count). The van der Waals surface area contributed by atoms with Crippen molar-refractivity contribution in [1.29, 1.82) is 0 Å². The van der Waals surface area contributed by atoms with Crippen LogP contribution in [0.2, 0.25) is 5.02 Å². The van der Waals surface area contributed by atoms with Crippen LogP contribution in [0.25, 0.3) is 0 Å². The number of nitrogens with one attached hydrogen (secondary N) is 1. The molecule has 27 heavy (non-hydrogen) atoms. The van der Waals surface area contributed by atoms with E-state index in [0.29, 0.717) is 23.7 Å². The maximum absolute atomic E-state index is 12.9. The van der Waals surface area contributed by atoms with Crippen LogP contribution in [0.5, 0.6) is 0 Å². The average molecular weight is 410 g/mol. The minimum atomic E-state index is -0.365. The number of nitrogens with zero attached hydrogens (tertiary/aromatic N) is 2. The van der Waals surface area contributed by atoms with Crippen LogP contribution in [0.4, 0.5) is 0 Å². The molecule has 0 aromatic heterocycles. The number of hydrogen-bond acceptors (Lipinski definition) is 4. The molecule has 2 aliphatic heterocycles. The van der Waals surface area contributed by atoms with Crippen molar-refractivity contribution in [3.8, 4) is 0 Å². The van der Waals surface area contributed by atoms with Crippen molar-refractivity contribution in [2.75, 3.05) is 32.4 Å². The molecule has 2 saturated heterocycles. The van der Waals surface area contributed by atoms with E-state index in [1.54, 1.807) is 11.8 Å². The second-order valence-corrected chi connectivity index (χ2v) is 9.18. The van der Waals surface area contributed by atoms with Crippen LogP contribution in [0.15, 0.2) is 24.3 Å². The smallest absolute Gasteiger partial charge is 0.243 e. The predicted octanol–water partition coefficient (Wildman–Crippen LogP) is 2.77. The van der Waals surface area contributed by atoms with Gasteiger partial charge in [-0.3, -0.25) is 9.59 Å². The van der Waals surface area contributed by atoms with Crippen LogP contribution in [-0.2, 0) is 16.0 Å². The van der Waals surface area contributed by atoms with Crippen LogP contribution < -0.4 is 5.32 Å². The van der Waals surface area contributed by atoms with E-state index in [1.165, 1.54) is 0 Å². The van der Waals surface area contributed by atoms with Crippen molar-refractivity contribution in [3.05, 3.63) is 34.9 Å². The molecule has 0 aliphatic carbocycles. The van der Waals surface area contributed by atoms with Gasteiger partial charge in [-0.05, 0) is 44.0 Å². The molecule has 1 aromatic rings. The van der Waals surface area contributed by atoms with Crippen LogP contribution in [0, 0.1) is 0 Å². The van der Waals surface area contributed by atoms with Gasteiger partial charge in [0.25, 0.3) is 0 Å². The molecular formula is C20H28ClN3O2S. The van der Waals surface area contributed by atoms with E-state index < -0.39 is 0 Å². The summed E-state index contributed by atoms with van der Waals surface area (Å²) in [5.41, 5.74) is 1.13. The van der Waals surface area contributed by atoms with Crippen LogP contribution in [0.3, 0.4) is 0 Å². The molecule has 0 bridgehead atoms. The highest BCUT2D eigenvalue weighted by Crippen LogP contribution is 2.46. The van der Waals surface area contributed by atoms with E-state index in [-0.39, 0.29) is 22.7 Å². The number of halogens is 1. The number of thioether (sulfide) groups is 1. The molecule has 2 aliphatic rings. The quantitative estimate of drug-likeness (QED) is 0.812. The van der Waals surface area contributed by atoms with E-state index in [0.717, 1.165) is 37.9 Å². The Bertz CT molecular complexity index is 674. The fourth-order valence-corrected chi connectivity index (χ4v) is 5.61. The van der Waals surface area contributed by atoms with Gasteiger partial charge in [0, 0.05) is 36.8 Å². The normalized spacial score (nSPS) is 22.2. The Balaban J connectivity index is 1.62. The van der Waals surface area contributed by atoms with Gasteiger partial charge in [-0.25, -0.2) is 0 Å². The third kappa shape index (κ3) is 4.61. The predicted molar refractivity (Wildman–Crippen MR) is 111 cm³/mol. The van der Waals surface area contributed by atoms with Gasteiger partial charge in [-0.1, -0.05) is 30.7 Å². The topological polar surface area (TPSA) is 52.7 Å². The lowest BCUT2D eigenvalue weighted by molar-refractivity contribution is -0.143. The first-order valence-corrected chi connectivity index (χ1v) is 11.0. The van der Waals surface area contributed by atoms with E-state index in [2.05, 4.69) is 17.3 Å². The molecule has 0 saturated carbocycles. The Morgan fingerprint density at radius 1 is 1.26 bits per heavy atom. The van der Waals surface area contributed by atoms with Gasteiger partial charge >= 0.3 is 0 Å². The Morgan fingerprint density at radius 2 is 1.93 bits per heavy atom. The number of likely N-dealkylation sites (tertiary alicyclic amines) is 1. The fourth-order valence-electron chi connectivity index (χ4n) is 3.88. The first-order valence-electron chi connectivity index (χ1n) is 9.62. The molecule has 5 nitrogen and oxygen atoms in total. The van der Waals surface area contributed by atoms with E-state index in [4.69, 9.17) is 11.6 Å². The van der Waals surface area contributed by atoms with Gasteiger partial charge in [-0.15, -0.1) is 11.8 Å². The Labute approximate surface area is 170 Å². The SMILES string of the molecule is CCC(=O)N1[C@H](C(=O)NCCc2ccc(Cl)cc2)CSC12CCN(C)CC2. The van der Waals surface area contributed by atoms with E-state index in [9.17, 15) is 9.59 Å². The summed E-state index contributed by atoms with van der Waals surface area (Å²) in [5, 5.41) is 3.75. The second kappa shape index (κ2) is 8.84. The van der Waals surface area contributed by atoms with Crippen LogP contribution >= 0.6 is 23.4 Å². The zero-order valence-corrected chi connectivity index (χ0v) is 17.6. The maximum atomic E-state index is 12.9. The fraction of sp³-hybridized carbons (Fsp3) is 0.600. The Hall–Kier alpha value is -1.24. The minimum Gasteiger partial charge on any atom is -0.354 e. The number of rotatable bonds is 5. The van der Waals surface area contributed by atoms with Gasteiger partial charge < -0.3 is 15.1 Å². The number of piperidine rings is 1. The summed E-state index contributed by atoms with van der Waals surface area (Å²) in [6, 6.07) is 7.30. The van der Waals surface area contributed by atoms with Crippen LogP contribution in [-0.4, -0.2) is 65.0 Å². The minimum absolute atomic E-state index is 0.0333. The molecule has 2 fully saturated rings. The monoisotopic (exact) mass is 409 g/mol. The van der Waals surface area contributed by atoms with Crippen molar-refractivity contribution in [1.82, 2.24) is 15.1 Å². The van der Waals surface area contributed by atoms with E-state index >= 15 is 0 Å². The summed E-state index contributed by atoms with van der Waals surface area (Å²) in [5.74, 6) is 0.735. The molecule has 1 aromatic carbocycles. The zero-order valence-electron chi connectivity index (χ0n) is 16.0. The summed E-state index contributed by atoms with van der Waals surface area (Å²) in [6.45, 7) is 4.37. The number of benzene rings is 1. The first-order chi connectivity index (χ1) is 12.9. The molecule has 1 N–H and O–H groups in total. The third-order valence-corrected chi connectivity index (χ3v) is 7.41. The molecular weight excluding hydrogens is 382 g/mol. The van der Waals surface area contributed by atoms with Gasteiger partial charge in [-0.2, -0.15) is 0 Å². The molecule has 2 amide bonds. The van der Waals surface area contributed by atoms with Crippen molar-refractivity contribution >= 4 is 35.2 Å². The summed E-state index contributed by atoms with van der Waals surface area (Å²) < 4.78 is 0. The van der Waals surface area contributed by atoms with Gasteiger partial charge in [0.1, 0.15) is 6.04 Å². The molecule has 0 unspecified atom stereocenters. The summed E-state index contributed by atoms with van der Waals surface area (Å²) in [7, 11) is 2.11. The number of carbonyl (C=O) groups is 2. The molecule has 0 radical (unpaired) electrons. The van der Waals surface area contributed by atoms with Crippen molar-refractivity contribution in [2.45, 2.75) is 43.5 Å². The largest absolute Gasteiger partial charge is 0.354 e. The molecule has 7 heteroatoms. The van der Waals surface area contributed by atoms with E-state index in [1.807, 2.05) is 36.1 Å². The molecule has 2 heterocycles. The molecule has 1 spiro atoms. The lowest BCUT2D eigenvalue weighted by Crippen LogP contribution is -2.57. The lowest BCUT2D eigenvalue weighted by Gasteiger charge is -2.44. The van der Waals surface area contributed by atoms with Crippen LogP contribution in [0.1, 0.15) is 31.7 Å². The maximum Gasteiger partial charge on any atom is 0.243 e. The average Bonchev–Trinajstić information content (AvgIpc) is 3.04. The molecule has 148 valence electrons. The second-order valence-electron chi connectivity index (χ2n) is 7.36. The van der Waals surface area contributed by atoms with Gasteiger partial charge in [0.15, 0.2) is 0 Å². The number of amides is 2. The Kier molecular flexibility index (Phi) is 6.71. The molecule has 1 atom stereocenters. The van der Waals surface area contributed by atoms with Crippen molar-refractivity contribution < 1.29 is 9.59 Å². The highest BCUT2D eigenvalue weighted by atomic mass is 35.5. The summed E-state index contributed by atoms with van der Waals surface area (Å²) in [4.78, 5) is 29.6. The highest BCUT2D eigenvalue weighted by molar-refractivity contribution is 8.01. The third-order valence-electron chi connectivity index (χ3n) is 5.53.